The van der Waals surface area contributed by atoms with Crippen molar-refractivity contribution >= 4 is 66.4 Å². The fourth-order valence-electron chi connectivity index (χ4n) is 8.86. The molecule has 2 saturated heterocycles. The average Bonchev–Trinajstić information content (AvgIpc) is 1.59. The van der Waals surface area contributed by atoms with Gasteiger partial charge in [-0.1, -0.05) is 59.6 Å². The number of aryl methyl sites for hydroxylation is 2. The maximum atomic E-state index is 13.8. The van der Waals surface area contributed by atoms with Gasteiger partial charge in [0.2, 0.25) is 5.91 Å². The normalized spacial score (nSPS) is 13.8. The number of aromatic nitrogens is 8. The van der Waals surface area contributed by atoms with Gasteiger partial charge in [-0.3, -0.25) is 42.2 Å². The van der Waals surface area contributed by atoms with Crippen LogP contribution in [0.5, 0.6) is 35.0 Å². The van der Waals surface area contributed by atoms with Crippen molar-refractivity contribution in [3.8, 4) is 35.0 Å². The zero-order chi connectivity index (χ0) is 64.2. The number of ether oxygens (including phenoxy) is 4. The predicted molar refractivity (Wildman–Crippen MR) is 315 cm³/mol. The van der Waals surface area contributed by atoms with Crippen LogP contribution in [0.1, 0.15) is 11.1 Å². The summed E-state index contributed by atoms with van der Waals surface area (Å²) in [4.78, 5) is 91.8. The Hall–Kier alpha value is -8.54. The minimum absolute atomic E-state index is 0.0255. The zero-order valence-electron chi connectivity index (χ0n) is 47.6. The van der Waals surface area contributed by atoms with E-state index in [1.165, 1.54) is 60.6 Å². The predicted octanol–water partition coefficient (Wildman–Crippen LogP) is 6.90. The minimum atomic E-state index is -4.92. The first-order valence-electron chi connectivity index (χ1n) is 26.4. The van der Waals surface area contributed by atoms with Gasteiger partial charge in [-0.2, -0.15) is 9.97 Å². The van der Waals surface area contributed by atoms with Crippen molar-refractivity contribution in [3.63, 3.8) is 0 Å². The van der Waals surface area contributed by atoms with Crippen molar-refractivity contribution in [1.29, 1.82) is 0 Å². The molecule has 0 aliphatic carbocycles. The Morgan fingerprint density at radius 1 is 0.591 bits per heavy atom. The molecular weight excluding hydrogens is 1230 g/mol. The van der Waals surface area contributed by atoms with Crippen molar-refractivity contribution in [1.82, 2.24) is 57.4 Å². The SMILES string of the molecule is CN1CCN(C(=O)Cn2c(=O)c3c(nc(Oc4cccc(OC(F)(F)F)c4)n3Cc3ccc(Cl)cc3)n(C)c2=O)CC1.CN1CCNCC1.CN=P.Cn1c(=O)n(CC(=O)O)c(=O)c2c1nc(Oc1cccc(OC(F)(F)F)c1)n2Cc1ccc(Cl)cc1. The number of hydrogen-bond donors (Lipinski definition) is 2. The van der Waals surface area contributed by atoms with E-state index in [-0.39, 0.29) is 64.8 Å². The summed E-state index contributed by atoms with van der Waals surface area (Å²) in [5.74, 6) is -2.99. The number of benzene rings is 4. The molecule has 2 aliphatic rings. The molecule has 0 bridgehead atoms. The fourth-order valence-corrected chi connectivity index (χ4v) is 9.11. The van der Waals surface area contributed by atoms with E-state index in [1.54, 1.807) is 60.5 Å². The quantitative estimate of drug-likeness (QED) is 0.0830. The summed E-state index contributed by atoms with van der Waals surface area (Å²) < 4.78 is 105. The van der Waals surface area contributed by atoms with Crippen LogP contribution < -0.4 is 46.8 Å². The van der Waals surface area contributed by atoms with Crippen molar-refractivity contribution in [2.24, 2.45) is 18.8 Å². The van der Waals surface area contributed by atoms with Crippen LogP contribution in [0.4, 0.5) is 26.3 Å². The Kier molecular flexibility index (Phi) is 22.4. The van der Waals surface area contributed by atoms with Crippen LogP contribution in [0.3, 0.4) is 0 Å². The summed E-state index contributed by atoms with van der Waals surface area (Å²) in [5.41, 5.74) is -2.36. The largest absolute Gasteiger partial charge is 0.573 e. The summed E-state index contributed by atoms with van der Waals surface area (Å²) in [6, 6.07) is 22.3. The summed E-state index contributed by atoms with van der Waals surface area (Å²) >= 11 is 12.0. The number of carboxylic acids is 1. The van der Waals surface area contributed by atoms with Gasteiger partial charge in [-0.15, -0.1) is 26.3 Å². The van der Waals surface area contributed by atoms with Crippen LogP contribution in [0, 0.1) is 0 Å². The Morgan fingerprint density at radius 2 is 0.966 bits per heavy atom. The standard InChI is InChI=1S/C27H26ClF3N6O5.C22H16ClF3N4O6.C5H12N2.CH4NP/c1-33-10-12-35(13-11-33)21(38)16-37-24(39)22-23(34(2)26(37)40)32-25(36(22)15-17-6-8-18(28)9-7-17)41-19-4-3-5-20(14-19)42-27(29,30)31;1-28-18-17(19(33)30(21(28)34)11-16(31)32)29(10-12-5-7-13(23)8-6-12)20(27-18)35-14-3-2-4-15(9-14)36-22(24,25)26;1-7-4-2-6-3-5-7;1-2-3/h3-9,14H,10-13,15-16H2,1-2H3;2-9H,10-11H2,1H3,(H,31,32);6H,2-5H2,1H3;3H,1H3. The third-order valence-electron chi connectivity index (χ3n) is 13.2. The molecule has 0 spiro atoms. The highest BCUT2D eigenvalue weighted by molar-refractivity contribution is 7.03. The van der Waals surface area contributed by atoms with Gasteiger partial charge < -0.3 is 44.1 Å². The third-order valence-corrected chi connectivity index (χ3v) is 13.7. The van der Waals surface area contributed by atoms with E-state index in [2.05, 4.69) is 55.4 Å². The molecular formula is C55H58Cl2F6N13O11P. The first-order chi connectivity index (χ1) is 41.6. The number of rotatable bonds is 14. The number of hydrogen-bond acceptors (Lipinski definition) is 16. The molecule has 1 amide bonds. The monoisotopic (exact) mass is 1290 g/mol. The number of alkyl halides is 6. The Labute approximate surface area is 508 Å². The second-order valence-electron chi connectivity index (χ2n) is 19.6. The van der Waals surface area contributed by atoms with E-state index in [4.69, 9.17) is 37.8 Å². The van der Waals surface area contributed by atoms with Gasteiger partial charge in [0.15, 0.2) is 22.3 Å². The number of imidazole rings is 2. The number of carbonyl (C=O) groups excluding carboxylic acids is 1. The average molecular weight is 1290 g/mol. The topological polar surface area (TPSA) is 249 Å². The molecule has 470 valence electrons. The molecule has 0 saturated carbocycles. The molecule has 4 aromatic carbocycles. The molecule has 2 fully saturated rings. The van der Waals surface area contributed by atoms with E-state index in [9.17, 15) is 55.1 Å². The first-order valence-corrected chi connectivity index (χ1v) is 27.6. The van der Waals surface area contributed by atoms with Gasteiger partial charge in [0.25, 0.3) is 11.1 Å². The van der Waals surface area contributed by atoms with E-state index in [1.807, 2.05) is 7.05 Å². The number of carbonyl (C=O) groups is 2. The Balaban J connectivity index is 0.000000219. The van der Waals surface area contributed by atoms with Crippen LogP contribution in [0.2, 0.25) is 10.0 Å². The number of halogens is 8. The maximum Gasteiger partial charge on any atom is 0.573 e. The van der Waals surface area contributed by atoms with Gasteiger partial charge in [-0.05, 0) is 82.8 Å². The van der Waals surface area contributed by atoms with Crippen LogP contribution in [0.15, 0.2) is 121 Å². The Bertz CT molecular complexity index is 4030. The molecule has 10 rings (SSSR count). The number of amides is 1. The summed E-state index contributed by atoms with van der Waals surface area (Å²) in [7, 11) is 11.3. The summed E-state index contributed by atoms with van der Waals surface area (Å²) in [6.45, 7) is 5.66. The molecule has 0 unspecified atom stereocenters. The molecule has 6 heterocycles. The second-order valence-corrected chi connectivity index (χ2v) is 20.9. The lowest BCUT2D eigenvalue weighted by Crippen LogP contribution is -2.50. The number of nitrogens with one attached hydrogen (secondary N) is 1. The molecule has 88 heavy (non-hydrogen) atoms. The molecule has 0 radical (unpaired) electrons. The van der Waals surface area contributed by atoms with Crippen LogP contribution in [0.25, 0.3) is 22.3 Å². The third kappa shape index (κ3) is 17.8. The van der Waals surface area contributed by atoms with Gasteiger partial charge in [-0.25, -0.2) is 18.7 Å². The number of likely N-dealkylation sites (N-methyl/N-ethyl adjacent to an activating group) is 2. The van der Waals surface area contributed by atoms with E-state index in [0.717, 1.165) is 51.1 Å². The highest BCUT2D eigenvalue weighted by Gasteiger charge is 2.33. The van der Waals surface area contributed by atoms with Crippen molar-refractivity contribution in [2.75, 3.05) is 73.5 Å². The van der Waals surface area contributed by atoms with Crippen LogP contribution >= 0.6 is 32.2 Å². The van der Waals surface area contributed by atoms with Gasteiger partial charge >= 0.3 is 42.1 Å². The number of piperazine rings is 2. The van der Waals surface area contributed by atoms with E-state index in [0.29, 0.717) is 51.9 Å². The highest BCUT2D eigenvalue weighted by atomic mass is 35.5. The van der Waals surface area contributed by atoms with Crippen molar-refractivity contribution in [2.45, 2.75) is 38.9 Å². The zero-order valence-corrected chi connectivity index (χ0v) is 50.2. The molecule has 4 aromatic heterocycles. The highest BCUT2D eigenvalue weighted by Crippen LogP contribution is 2.32. The molecule has 2 N–H and O–H groups in total. The maximum absolute atomic E-state index is 13.8. The number of aliphatic carboxylic acids is 1. The molecule has 0 atom stereocenters. The van der Waals surface area contributed by atoms with Gasteiger partial charge in [0.1, 0.15) is 36.1 Å². The molecule has 2 aliphatic heterocycles. The van der Waals surface area contributed by atoms with Gasteiger partial charge in [0.05, 0.1) is 13.1 Å². The lowest BCUT2D eigenvalue weighted by Gasteiger charge is -2.32. The molecule has 8 aromatic rings. The van der Waals surface area contributed by atoms with E-state index >= 15 is 0 Å². The van der Waals surface area contributed by atoms with Crippen LogP contribution in [-0.4, -0.2) is 155 Å². The number of nitrogens with zero attached hydrogens (tertiary/aromatic N) is 12. The lowest BCUT2D eigenvalue weighted by molar-refractivity contribution is -0.275. The Morgan fingerprint density at radius 3 is 1.33 bits per heavy atom. The van der Waals surface area contributed by atoms with Crippen molar-refractivity contribution in [3.05, 3.63) is 160 Å². The number of carboxylic acid groups (broad SMARTS) is 1. The van der Waals surface area contributed by atoms with Crippen LogP contribution in [-0.2, 0) is 49.9 Å². The van der Waals surface area contributed by atoms with Gasteiger partial charge in [0, 0.05) is 95.7 Å². The minimum Gasteiger partial charge on any atom is -0.480 e. The molecule has 24 nitrogen and oxygen atoms in total. The smallest absolute Gasteiger partial charge is 0.480 e. The molecule has 33 heteroatoms. The first kappa shape index (κ1) is 67.0. The lowest BCUT2D eigenvalue weighted by atomic mass is 10.2. The van der Waals surface area contributed by atoms with Crippen molar-refractivity contribution < 1.29 is 60.0 Å². The summed E-state index contributed by atoms with van der Waals surface area (Å²) in [5, 5.41) is 13.4. The fraction of sp³-hybridized carbons (Fsp3) is 0.345. The number of fused-ring (bicyclic) bond motifs is 2. The van der Waals surface area contributed by atoms with E-state index < -0.39 is 65.8 Å². The summed E-state index contributed by atoms with van der Waals surface area (Å²) in [6.07, 6.45) is -9.83. The second kappa shape index (κ2) is 29.4.